The van der Waals surface area contributed by atoms with Crippen LogP contribution in [0.15, 0.2) is 11.1 Å². The molecule has 0 saturated carbocycles. The summed E-state index contributed by atoms with van der Waals surface area (Å²) in [5.41, 5.74) is 4.96. The zero-order valence-corrected chi connectivity index (χ0v) is 17.1. The quantitative estimate of drug-likeness (QED) is 0.239. The van der Waals surface area contributed by atoms with E-state index in [1.165, 1.54) is 10.9 Å². The summed E-state index contributed by atoms with van der Waals surface area (Å²) in [6.45, 7) is -0.937. The van der Waals surface area contributed by atoms with Gasteiger partial charge in [0.25, 0.3) is 5.56 Å². The van der Waals surface area contributed by atoms with Crippen molar-refractivity contribution in [2.45, 2.75) is 12.5 Å². The molecule has 1 aliphatic rings. The number of nitrogens with zero attached hydrogens (tertiary/aromatic N) is 3. The molecule has 1 aliphatic heterocycles. The van der Waals surface area contributed by atoms with Crippen LogP contribution in [0.25, 0.3) is 11.2 Å². The molecular formula is C9H14N5O13P3. The van der Waals surface area contributed by atoms with Gasteiger partial charge in [0.1, 0.15) is 6.61 Å². The van der Waals surface area contributed by atoms with Gasteiger partial charge in [0, 0.05) is 0 Å². The number of nitrogens with one attached hydrogen (secondary N) is 1. The van der Waals surface area contributed by atoms with Crippen molar-refractivity contribution in [2.75, 3.05) is 18.9 Å². The molecule has 0 amide bonds. The number of rotatable bonds is 8. The van der Waals surface area contributed by atoms with Crippen LogP contribution in [0, 0.1) is 0 Å². The van der Waals surface area contributed by atoms with Gasteiger partial charge < -0.3 is 34.8 Å². The van der Waals surface area contributed by atoms with Crippen molar-refractivity contribution >= 4 is 40.6 Å². The molecule has 0 bridgehead atoms. The summed E-state index contributed by atoms with van der Waals surface area (Å²) in [4.78, 5) is 57.3. The minimum Gasteiger partial charge on any atom is -0.369 e. The Balaban J connectivity index is 1.62. The number of H-pyrrole nitrogens is 1. The van der Waals surface area contributed by atoms with Gasteiger partial charge in [-0.3, -0.25) is 18.9 Å². The summed E-state index contributed by atoms with van der Waals surface area (Å²) in [7, 11) is -16.5. The van der Waals surface area contributed by atoms with Crippen molar-refractivity contribution in [3.63, 3.8) is 0 Å². The zero-order chi connectivity index (χ0) is 22.3. The first kappa shape index (κ1) is 23.1. The predicted octanol–water partition coefficient (Wildman–Crippen LogP) is -1.08. The van der Waals surface area contributed by atoms with Crippen LogP contribution in [0.2, 0.25) is 0 Å². The van der Waals surface area contributed by atoms with E-state index < -0.39 is 48.2 Å². The largest absolute Gasteiger partial charge is 0.490 e. The lowest BCUT2D eigenvalue weighted by molar-refractivity contribution is -0.0961. The SMILES string of the molecule is Nc1nc2c(ncn2[C@H]2CO[C@@H](COP(=O)(O)OP(=O)(O)OP(=O)(O)O)O2)c(=O)[nH]1. The molecule has 2 aromatic heterocycles. The summed E-state index contributed by atoms with van der Waals surface area (Å²) in [5, 5.41) is 0. The van der Waals surface area contributed by atoms with E-state index in [1.54, 1.807) is 0 Å². The van der Waals surface area contributed by atoms with Crippen LogP contribution < -0.4 is 11.3 Å². The Kier molecular flexibility index (Phi) is 6.33. The third-order valence-corrected chi connectivity index (χ3v) is 7.09. The van der Waals surface area contributed by atoms with Crippen molar-refractivity contribution < 1.29 is 55.9 Å². The number of anilines is 1. The fourth-order valence-corrected chi connectivity index (χ4v) is 5.29. The van der Waals surface area contributed by atoms with E-state index in [4.69, 9.17) is 29.9 Å². The Morgan fingerprint density at radius 3 is 2.60 bits per heavy atom. The molecule has 3 heterocycles. The highest BCUT2D eigenvalue weighted by atomic mass is 31.3. The van der Waals surface area contributed by atoms with Crippen molar-refractivity contribution in [2.24, 2.45) is 0 Å². The lowest BCUT2D eigenvalue weighted by Crippen LogP contribution is -2.18. The highest BCUT2D eigenvalue weighted by Gasteiger charge is 2.41. The molecule has 168 valence electrons. The van der Waals surface area contributed by atoms with Gasteiger partial charge in [-0.2, -0.15) is 13.6 Å². The highest BCUT2D eigenvalue weighted by molar-refractivity contribution is 7.66. The third kappa shape index (κ3) is 5.79. The minimum atomic E-state index is -5.63. The van der Waals surface area contributed by atoms with Crippen molar-refractivity contribution in [3.8, 4) is 0 Å². The normalized spacial score (nSPS) is 24.0. The molecular weight excluding hydrogens is 479 g/mol. The standard InChI is InChI=1S/C9H14N5O13P3/c10-9-12-7-6(8(15)13-9)11-3-14(7)4-1-23-5(25-4)2-24-29(19,20)27-30(21,22)26-28(16,17)18/h3-5H,1-2H2,(H,19,20)(H,21,22)(H2,16,17,18)(H3,10,12,13,15)/t4-,5-/m1/s1. The number of nitrogen functional groups attached to an aromatic ring is 1. The van der Waals surface area contributed by atoms with Gasteiger partial charge in [-0.25, -0.2) is 18.7 Å². The number of fused-ring (bicyclic) bond motifs is 1. The molecule has 0 spiro atoms. The second-order valence-corrected chi connectivity index (χ2v) is 9.94. The van der Waals surface area contributed by atoms with Crippen LogP contribution in [-0.2, 0) is 36.3 Å². The van der Waals surface area contributed by atoms with Crippen LogP contribution in [0.4, 0.5) is 5.95 Å². The fourth-order valence-electron chi connectivity index (χ4n) is 2.29. The van der Waals surface area contributed by atoms with E-state index in [9.17, 15) is 23.4 Å². The van der Waals surface area contributed by atoms with Crippen LogP contribution >= 0.6 is 23.5 Å². The molecule has 18 nitrogen and oxygen atoms in total. The Labute approximate surface area is 165 Å². The first-order chi connectivity index (χ1) is 13.7. The molecule has 4 atom stereocenters. The molecule has 0 aromatic carbocycles. The van der Waals surface area contributed by atoms with Gasteiger partial charge in [-0.1, -0.05) is 0 Å². The number of hydrogen-bond acceptors (Lipinski definition) is 12. The van der Waals surface area contributed by atoms with E-state index in [0.717, 1.165) is 0 Å². The van der Waals surface area contributed by atoms with E-state index in [2.05, 4.69) is 28.1 Å². The molecule has 0 aliphatic carbocycles. The monoisotopic (exact) mass is 493 g/mol. The van der Waals surface area contributed by atoms with E-state index >= 15 is 0 Å². The smallest absolute Gasteiger partial charge is 0.369 e. The first-order valence-corrected chi connectivity index (χ1v) is 12.0. The molecule has 0 radical (unpaired) electrons. The van der Waals surface area contributed by atoms with Crippen LogP contribution in [0.1, 0.15) is 6.23 Å². The van der Waals surface area contributed by atoms with Gasteiger partial charge in [0.15, 0.2) is 23.7 Å². The summed E-state index contributed by atoms with van der Waals surface area (Å²) in [6.07, 6.45) is -0.944. The second-order valence-electron chi connectivity index (χ2n) is 5.52. The predicted molar refractivity (Wildman–Crippen MR) is 92.2 cm³/mol. The molecule has 21 heteroatoms. The van der Waals surface area contributed by atoms with E-state index in [-0.39, 0.29) is 23.7 Å². The molecule has 3 rings (SSSR count). The molecule has 1 saturated heterocycles. The first-order valence-electron chi connectivity index (χ1n) is 7.52. The van der Waals surface area contributed by atoms with E-state index in [0.29, 0.717) is 0 Å². The number of aromatic nitrogens is 4. The van der Waals surface area contributed by atoms with Crippen molar-refractivity contribution in [1.29, 1.82) is 0 Å². The molecule has 2 unspecified atom stereocenters. The highest BCUT2D eigenvalue weighted by Crippen LogP contribution is 2.66. The lowest BCUT2D eigenvalue weighted by atomic mass is 10.5. The van der Waals surface area contributed by atoms with Gasteiger partial charge >= 0.3 is 23.5 Å². The molecule has 1 fully saturated rings. The zero-order valence-electron chi connectivity index (χ0n) is 14.4. The number of hydrogen-bond donors (Lipinski definition) is 6. The number of phosphoric ester groups is 1. The van der Waals surface area contributed by atoms with Crippen molar-refractivity contribution in [1.82, 2.24) is 19.5 Å². The topological polar surface area (TPSA) is 268 Å². The fraction of sp³-hybridized carbons (Fsp3) is 0.444. The van der Waals surface area contributed by atoms with Crippen LogP contribution in [0.5, 0.6) is 0 Å². The van der Waals surface area contributed by atoms with Gasteiger partial charge in [-0.15, -0.1) is 0 Å². The number of phosphoric acid groups is 3. The number of nitrogens with two attached hydrogens (primary N) is 1. The van der Waals surface area contributed by atoms with Gasteiger partial charge in [-0.05, 0) is 0 Å². The minimum absolute atomic E-state index is 0.0236. The molecule has 2 aromatic rings. The maximum Gasteiger partial charge on any atom is 0.490 e. The van der Waals surface area contributed by atoms with Crippen molar-refractivity contribution in [3.05, 3.63) is 16.7 Å². The van der Waals surface area contributed by atoms with Gasteiger partial charge in [0.2, 0.25) is 5.95 Å². The van der Waals surface area contributed by atoms with Crippen LogP contribution in [-0.4, -0.2) is 58.6 Å². The number of ether oxygens (including phenoxy) is 2. The maximum atomic E-state index is 11.8. The second kappa shape index (κ2) is 8.20. The number of imidazole rings is 1. The lowest BCUT2D eigenvalue weighted by Gasteiger charge is -2.17. The summed E-state index contributed by atoms with van der Waals surface area (Å²) >= 11 is 0. The average molecular weight is 493 g/mol. The Hall–Kier alpha value is -1.52. The van der Waals surface area contributed by atoms with Crippen LogP contribution in [0.3, 0.4) is 0 Å². The summed E-state index contributed by atoms with van der Waals surface area (Å²) in [6, 6.07) is 0. The Morgan fingerprint density at radius 1 is 1.23 bits per heavy atom. The van der Waals surface area contributed by atoms with E-state index in [1.807, 2.05) is 0 Å². The number of aromatic amines is 1. The van der Waals surface area contributed by atoms with Gasteiger partial charge in [0.05, 0.1) is 12.9 Å². The Morgan fingerprint density at radius 2 is 1.93 bits per heavy atom. The average Bonchev–Trinajstić information content (AvgIpc) is 3.15. The molecule has 7 N–H and O–H groups in total. The third-order valence-electron chi connectivity index (χ3n) is 3.28. The summed E-state index contributed by atoms with van der Waals surface area (Å²) in [5.74, 6) is -0.169. The summed E-state index contributed by atoms with van der Waals surface area (Å²) < 4.78 is 57.0. The maximum absolute atomic E-state index is 11.8. The molecule has 30 heavy (non-hydrogen) atoms. The Bertz CT molecular complexity index is 1140.